The SMILES string of the molecule is C=C1NC(=O)C2(n3ccnn3)CC1C2. The van der Waals surface area contributed by atoms with Gasteiger partial charge >= 0.3 is 0 Å². The number of rotatable bonds is 1. The number of carbonyl (C=O) groups excluding carboxylic acids is 1. The molecule has 5 nitrogen and oxygen atoms in total. The average molecular weight is 190 g/mol. The Labute approximate surface area is 80.8 Å². The van der Waals surface area contributed by atoms with Crippen LogP contribution in [0.25, 0.3) is 0 Å². The van der Waals surface area contributed by atoms with E-state index in [1.165, 1.54) is 0 Å². The number of nitrogens with one attached hydrogen (secondary N) is 1. The van der Waals surface area contributed by atoms with Gasteiger partial charge in [-0.1, -0.05) is 11.8 Å². The Morgan fingerprint density at radius 1 is 1.64 bits per heavy atom. The second kappa shape index (κ2) is 2.23. The molecular weight excluding hydrogens is 180 g/mol. The predicted molar refractivity (Wildman–Crippen MR) is 48.0 cm³/mol. The number of piperidine rings is 2. The standard InChI is InChI=1S/C9H10N4O/c1-6-7-4-9(5-7,8(14)11-6)13-3-2-10-12-13/h2-3,7H,1,4-5H2,(H,11,14). The number of fused-ring (bicyclic) bond motifs is 2. The molecule has 2 saturated heterocycles. The molecule has 1 N–H and O–H groups in total. The summed E-state index contributed by atoms with van der Waals surface area (Å²) in [5.41, 5.74) is 0.361. The van der Waals surface area contributed by atoms with E-state index in [-0.39, 0.29) is 5.91 Å². The fraction of sp³-hybridized carbons (Fsp3) is 0.444. The molecule has 0 atom stereocenters. The third-order valence-electron chi connectivity index (χ3n) is 3.22. The van der Waals surface area contributed by atoms with Gasteiger partial charge in [0.25, 0.3) is 5.91 Å². The third-order valence-corrected chi connectivity index (χ3v) is 3.22. The molecule has 2 aliphatic heterocycles. The summed E-state index contributed by atoms with van der Waals surface area (Å²) in [6.07, 6.45) is 4.95. The quantitative estimate of drug-likeness (QED) is 0.679. The zero-order valence-electron chi connectivity index (χ0n) is 7.60. The van der Waals surface area contributed by atoms with Crippen LogP contribution in [-0.2, 0) is 10.3 Å². The van der Waals surface area contributed by atoms with Gasteiger partial charge in [-0.15, -0.1) is 5.10 Å². The van der Waals surface area contributed by atoms with E-state index in [0.29, 0.717) is 5.92 Å². The maximum absolute atomic E-state index is 11.8. The minimum Gasteiger partial charge on any atom is -0.328 e. The summed E-state index contributed by atoms with van der Waals surface area (Å²) >= 11 is 0. The summed E-state index contributed by atoms with van der Waals surface area (Å²) < 4.78 is 1.66. The van der Waals surface area contributed by atoms with Crippen molar-refractivity contribution in [2.45, 2.75) is 18.4 Å². The fourth-order valence-corrected chi connectivity index (χ4v) is 2.28. The molecule has 0 unspecified atom stereocenters. The summed E-state index contributed by atoms with van der Waals surface area (Å²) in [5.74, 6) is 0.410. The predicted octanol–water partition coefficient (Wildman–Crippen LogP) is 0.0269. The Morgan fingerprint density at radius 3 is 3.00 bits per heavy atom. The molecule has 14 heavy (non-hydrogen) atoms. The lowest BCUT2D eigenvalue weighted by molar-refractivity contribution is -0.141. The number of hydrogen-bond donors (Lipinski definition) is 1. The van der Waals surface area contributed by atoms with E-state index >= 15 is 0 Å². The largest absolute Gasteiger partial charge is 0.328 e. The molecule has 0 spiro atoms. The minimum atomic E-state index is -0.484. The highest BCUT2D eigenvalue weighted by Gasteiger charge is 2.57. The zero-order valence-corrected chi connectivity index (χ0v) is 7.60. The van der Waals surface area contributed by atoms with Crippen molar-refractivity contribution in [3.05, 3.63) is 24.7 Å². The van der Waals surface area contributed by atoms with E-state index in [1.54, 1.807) is 17.1 Å². The second-order valence-electron chi connectivity index (χ2n) is 3.96. The lowest BCUT2D eigenvalue weighted by Gasteiger charge is -2.51. The molecule has 3 fully saturated rings. The highest BCUT2D eigenvalue weighted by molar-refractivity contribution is 5.89. The van der Waals surface area contributed by atoms with Gasteiger partial charge in [-0.3, -0.25) is 4.79 Å². The molecule has 0 aromatic carbocycles. The van der Waals surface area contributed by atoms with Gasteiger partial charge < -0.3 is 5.32 Å². The summed E-state index contributed by atoms with van der Waals surface area (Å²) in [6.45, 7) is 3.82. The minimum absolute atomic E-state index is 0.00417. The summed E-state index contributed by atoms with van der Waals surface area (Å²) in [6, 6.07) is 0. The van der Waals surface area contributed by atoms with Gasteiger partial charge in [0, 0.05) is 17.8 Å². The highest BCUT2D eigenvalue weighted by Crippen LogP contribution is 2.49. The van der Waals surface area contributed by atoms with Crippen LogP contribution in [0.3, 0.4) is 0 Å². The van der Waals surface area contributed by atoms with Gasteiger partial charge in [-0.2, -0.15) is 0 Å². The van der Waals surface area contributed by atoms with Crippen LogP contribution >= 0.6 is 0 Å². The van der Waals surface area contributed by atoms with Crippen molar-refractivity contribution < 1.29 is 4.79 Å². The first kappa shape index (κ1) is 7.73. The van der Waals surface area contributed by atoms with Crippen molar-refractivity contribution in [1.82, 2.24) is 20.3 Å². The topological polar surface area (TPSA) is 59.8 Å². The van der Waals surface area contributed by atoms with Gasteiger partial charge in [0.2, 0.25) is 0 Å². The molecular formula is C9H10N4O. The van der Waals surface area contributed by atoms with E-state index in [2.05, 4.69) is 22.2 Å². The van der Waals surface area contributed by atoms with E-state index in [9.17, 15) is 4.79 Å². The van der Waals surface area contributed by atoms with Crippen molar-refractivity contribution in [3.63, 3.8) is 0 Å². The molecule has 72 valence electrons. The maximum atomic E-state index is 11.8. The van der Waals surface area contributed by atoms with Crippen LogP contribution in [0.4, 0.5) is 0 Å². The molecule has 1 aromatic rings. The Kier molecular flexibility index (Phi) is 1.23. The van der Waals surface area contributed by atoms with Crippen LogP contribution in [-0.4, -0.2) is 20.9 Å². The van der Waals surface area contributed by atoms with Crippen LogP contribution in [0.2, 0.25) is 0 Å². The Morgan fingerprint density at radius 2 is 2.43 bits per heavy atom. The van der Waals surface area contributed by atoms with Crippen molar-refractivity contribution in [3.8, 4) is 0 Å². The first-order valence-corrected chi connectivity index (χ1v) is 4.59. The van der Waals surface area contributed by atoms with Crippen molar-refractivity contribution >= 4 is 5.91 Å². The second-order valence-corrected chi connectivity index (χ2v) is 3.96. The normalized spacial score (nSPS) is 35.0. The van der Waals surface area contributed by atoms with Crippen LogP contribution in [0.15, 0.2) is 24.7 Å². The number of amides is 1. The van der Waals surface area contributed by atoms with Crippen LogP contribution < -0.4 is 5.32 Å². The number of aromatic nitrogens is 3. The molecule has 4 rings (SSSR count). The maximum Gasteiger partial charge on any atom is 0.252 e. The van der Waals surface area contributed by atoms with Crippen LogP contribution in [0.5, 0.6) is 0 Å². The van der Waals surface area contributed by atoms with E-state index in [0.717, 1.165) is 18.5 Å². The zero-order chi connectivity index (χ0) is 9.76. The van der Waals surface area contributed by atoms with E-state index < -0.39 is 5.54 Å². The Bertz CT molecular complexity index is 402. The number of hydrogen-bond acceptors (Lipinski definition) is 3. The van der Waals surface area contributed by atoms with Gasteiger partial charge in [0.15, 0.2) is 0 Å². The monoisotopic (exact) mass is 190 g/mol. The van der Waals surface area contributed by atoms with Gasteiger partial charge in [0.05, 0.1) is 6.20 Å². The molecule has 3 heterocycles. The molecule has 2 bridgehead atoms. The molecule has 1 amide bonds. The molecule has 3 aliphatic rings. The molecule has 0 radical (unpaired) electrons. The number of nitrogens with zero attached hydrogens (tertiary/aromatic N) is 3. The summed E-state index contributed by atoms with van der Waals surface area (Å²) in [5, 5.41) is 10.4. The fourth-order valence-electron chi connectivity index (χ4n) is 2.28. The lowest BCUT2D eigenvalue weighted by atomic mass is 9.63. The Hall–Kier alpha value is -1.65. The average Bonchev–Trinajstić information content (AvgIpc) is 2.53. The van der Waals surface area contributed by atoms with Crippen molar-refractivity contribution in [1.29, 1.82) is 0 Å². The molecule has 1 aliphatic carbocycles. The lowest BCUT2D eigenvalue weighted by Crippen LogP contribution is -2.63. The summed E-state index contributed by atoms with van der Waals surface area (Å²) in [7, 11) is 0. The van der Waals surface area contributed by atoms with Gasteiger partial charge in [-0.25, -0.2) is 4.68 Å². The third kappa shape index (κ3) is 0.724. The van der Waals surface area contributed by atoms with E-state index in [1.807, 2.05) is 0 Å². The van der Waals surface area contributed by atoms with Gasteiger partial charge in [-0.05, 0) is 12.8 Å². The van der Waals surface area contributed by atoms with Crippen LogP contribution in [0, 0.1) is 5.92 Å². The highest BCUT2D eigenvalue weighted by atomic mass is 16.2. The molecule has 1 saturated carbocycles. The van der Waals surface area contributed by atoms with Crippen molar-refractivity contribution in [2.24, 2.45) is 5.92 Å². The smallest absolute Gasteiger partial charge is 0.252 e. The first-order chi connectivity index (χ1) is 6.72. The number of carbonyl (C=O) groups is 1. The Balaban J connectivity index is 2.01. The number of allylic oxidation sites excluding steroid dienone is 1. The van der Waals surface area contributed by atoms with E-state index in [4.69, 9.17) is 0 Å². The molecule has 1 aromatic heterocycles. The van der Waals surface area contributed by atoms with Crippen molar-refractivity contribution in [2.75, 3.05) is 0 Å². The van der Waals surface area contributed by atoms with Crippen LogP contribution in [0.1, 0.15) is 12.8 Å². The van der Waals surface area contributed by atoms with Gasteiger partial charge in [0.1, 0.15) is 5.54 Å². The first-order valence-electron chi connectivity index (χ1n) is 4.59. The summed E-state index contributed by atoms with van der Waals surface area (Å²) in [4.78, 5) is 11.8. The molecule has 5 heteroatoms.